The number of rotatable bonds is 9. The molecule has 0 radical (unpaired) electrons. The van der Waals surface area contributed by atoms with Crippen molar-refractivity contribution < 1.29 is 129 Å². The smallest absolute Gasteiger partial charge is 1.00 e. The molecule has 0 aliphatic carbocycles. The van der Waals surface area contributed by atoms with E-state index < -0.39 is 0 Å². The van der Waals surface area contributed by atoms with Gasteiger partial charge in [-0.1, -0.05) is 44.0 Å². The molecule has 0 aliphatic rings. The molecule has 0 fully saturated rings. The van der Waals surface area contributed by atoms with Gasteiger partial charge in [-0.05, 0) is 85.7 Å². The molecule has 0 unspecified atom stereocenters. The summed E-state index contributed by atoms with van der Waals surface area (Å²) in [6.07, 6.45) is 2.15. The van der Waals surface area contributed by atoms with Gasteiger partial charge in [-0.15, -0.1) is 11.6 Å². The Morgan fingerprint density at radius 3 is 1.78 bits per heavy atom. The number of aromatic hydroxyl groups is 1. The SMILES string of the molecule is CN(C)CCCCl.Cc1c(Br)cccc1OCCCN(C)C.Cc1c(O)cccc1Br.O=CO[O-].[H-].[K+].[K+]. The van der Waals surface area contributed by atoms with E-state index in [2.05, 4.69) is 67.6 Å². The predicted molar refractivity (Wildman–Crippen MR) is 150 cm³/mol. The monoisotopic (exact) mass is 718 g/mol. The number of ether oxygens (including phenoxy) is 1. The first-order valence-corrected chi connectivity index (χ1v) is 13.0. The van der Waals surface area contributed by atoms with Gasteiger partial charge in [0.2, 0.25) is 0 Å². The molecule has 0 saturated heterocycles. The number of phenolic OH excluding ortho intramolecular Hbond substituents is 1. The molecule has 12 heteroatoms. The third kappa shape index (κ3) is 27.8. The largest absolute Gasteiger partial charge is 1.00 e. The molecule has 0 bridgehead atoms. The maximum absolute atomic E-state index is 9.07. The van der Waals surface area contributed by atoms with Crippen LogP contribution in [0.25, 0.3) is 0 Å². The Bertz CT molecular complexity index is 809. The Balaban J connectivity index is -0.000000137. The van der Waals surface area contributed by atoms with Crippen molar-refractivity contribution in [2.45, 2.75) is 26.7 Å². The second-order valence-electron chi connectivity index (χ2n) is 7.79. The number of carbonyl (C=O) groups is 1. The average Bonchev–Trinajstić information content (AvgIpc) is 2.82. The summed E-state index contributed by atoms with van der Waals surface area (Å²) < 4.78 is 7.76. The van der Waals surface area contributed by atoms with Gasteiger partial charge in [0.15, 0.2) is 0 Å². The Morgan fingerprint density at radius 2 is 1.41 bits per heavy atom. The topological polar surface area (TPSA) is 85.3 Å². The zero-order chi connectivity index (χ0) is 27.2. The normalized spacial score (nSPS) is 9.19. The van der Waals surface area contributed by atoms with Crippen molar-refractivity contribution in [1.82, 2.24) is 9.80 Å². The third-order valence-corrected chi connectivity index (χ3v) is 6.23. The molecule has 2 aromatic rings. The Morgan fingerprint density at radius 1 is 0.946 bits per heavy atom. The molecule has 7 nitrogen and oxygen atoms in total. The molecule has 202 valence electrons. The van der Waals surface area contributed by atoms with E-state index in [1.807, 2.05) is 45.3 Å². The summed E-state index contributed by atoms with van der Waals surface area (Å²) in [5, 5.41) is 17.5. The molecule has 0 spiro atoms. The van der Waals surface area contributed by atoms with Crippen LogP contribution in [-0.2, 0) is 9.68 Å². The summed E-state index contributed by atoms with van der Waals surface area (Å²) >= 11 is 12.2. The van der Waals surface area contributed by atoms with Crippen molar-refractivity contribution in [3.63, 3.8) is 0 Å². The van der Waals surface area contributed by atoms with Gasteiger partial charge >= 0.3 is 103 Å². The van der Waals surface area contributed by atoms with Crippen LogP contribution in [-0.4, -0.2) is 75.1 Å². The maximum Gasteiger partial charge on any atom is 1.00 e. The standard InChI is InChI=1S/C12H18BrNO.C7H7BrO.C5H12ClN.CH2O3.2K.H/c1-10-11(13)6-4-7-12(10)15-9-5-8-14(2)3;1-5-6(8)3-2-4-7(5)9;1-7(2)5-3-4-6;2-1-4-3;;;/h4,6-7H,5,8-9H2,1-3H3;2-4,9H,1H3;3-5H2,1-2H3;1,3H;;;/q;;;;2*+1;-1/p-1. The van der Waals surface area contributed by atoms with Crippen LogP contribution in [0.4, 0.5) is 0 Å². The minimum atomic E-state index is -0.181. The molecule has 0 atom stereocenters. The minimum absolute atomic E-state index is 0. The maximum atomic E-state index is 9.07. The van der Waals surface area contributed by atoms with Gasteiger partial charge in [0.1, 0.15) is 11.5 Å². The fraction of sp³-hybridized carbons (Fsp3) is 0.480. The van der Waals surface area contributed by atoms with Gasteiger partial charge < -0.3 is 31.2 Å². The van der Waals surface area contributed by atoms with Crippen molar-refractivity contribution in [3.05, 3.63) is 56.5 Å². The van der Waals surface area contributed by atoms with Crippen LogP contribution in [0.15, 0.2) is 45.3 Å². The summed E-state index contributed by atoms with van der Waals surface area (Å²) in [6, 6.07) is 11.4. The molecule has 2 rings (SSSR count). The molecule has 0 aromatic heterocycles. The quantitative estimate of drug-likeness (QED) is 0.0916. The fourth-order valence-electron chi connectivity index (χ4n) is 2.28. The fourth-order valence-corrected chi connectivity index (χ4v) is 3.10. The molecule has 0 amide bonds. The van der Waals surface area contributed by atoms with Crippen LogP contribution in [0.1, 0.15) is 25.4 Å². The summed E-state index contributed by atoms with van der Waals surface area (Å²) in [6.45, 7) is 6.68. The first-order chi connectivity index (χ1) is 16.5. The van der Waals surface area contributed by atoms with Gasteiger partial charge in [0, 0.05) is 32.5 Å². The molecular weight excluding hydrogens is 682 g/mol. The Hall–Kier alpha value is 1.91. The number of carbonyl (C=O) groups excluding carboxylic acids is 1. The number of alkyl halides is 1. The number of hydrogen-bond acceptors (Lipinski definition) is 7. The van der Waals surface area contributed by atoms with Crippen LogP contribution >= 0.6 is 43.5 Å². The predicted octanol–water partition coefficient (Wildman–Crippen LogP) is -0.717. The Labute approximate surface area is 331 Å². The number of benzene rings is 2. The third-order valence-electron chi connectivity index (χ3n) is 4.24. The van der Waals surface area contributed by atoms with E-state index in [0.29, 0.717) is 5.75 Å². The van der Waals surface area contributed by atoms with Crippen molar-refractivity contribution in [2.24, 2.45) is 0 Å². The van der Waals surface area contributed by atoms with Crippen LogP contribution in [0.2, 0.25) is 0 Å². The molecule has 2 aromatic carbocycles. The summed E-state index contributed by atoms with van der Waals surface area (Å²) in [5.41, 5.74) is 2.06. The van der Waals surface area contributed by atoms with Gasteiger partial charge in [-0.3, -0.25) is 4.79 Å². The van der Waals surface area contributed by atoms with Gasteiger partial charge in [-0.25, -0.2) is 0 Å². The van der Waals surface area contributed by atoms with Gasteiger partial charge in [-0.2, -0.15) is 0 Å². The van der Waals surface area contributed by atoms with E-state index in [1.165, 1.54) is 5.56 Å². The van der Waals surface area contributed by atoms with Crippen molar-refractivity contribution in [1.29, 1.82) is 0 Å². The van der Waals surface area contributed by atoms with Crippen LogP contribution in [0, 0.1) is 13.8 Å². The van der Waals surface area contributed by atoms with E-state index in [-0.39, 0.29) is 111 Å². The summed E-state index contributed by atoms with van der Waals surface area (Å²) in [7, 11) is 8.24. The molecule has 37 heavy (non-hydrogen) atoms. The van der Waals surface area contributed by atoms with Crippen molar-refractivity contribution in [3.8, 4) is 11.5 Å². The van der Waals surface area contributed by atoms with Gasteiger partial charge in [0.25, 0.3) is 6.47 Å². The first-order valence-electron chi connectivity index (χ1n) is 10.9. The molecule has 0 aliphatic heterocycles. The summed E-state index contributed by atoms with van der Waals surface area (Å²) in [4.78, 5) is 15.5. The molecular formula is C25H39Br2ClK2N2O5. The van der Waals surface area contributed by atoms with E-state index in [9.17, 15) is 0 Å². The van der Waals surface area contributed by atoms with E-state index in [1.54, 1.807) is 12.1 Å². The van der Waals surface area contributed by atoms with Crippen LogP contribution < -0.4 is 113 Å². The second-order valence-corrected chi connectivity index (χ2v) is 9.88. The number of phenols is 1. The molecule has 0 heterocycles. The number of hydrogen-bond donors (Lipinski definition) is 1. The molecule has 1 N–H and O–H groups in total. The number of nitrogens with zero attached hydrogens (tertiary/aromatic N) is 2. The van der Waals surface area contributed by atoms with Crippen LogP contribution in [0.5, 0.6) is 11.5 Å². The molecule has 0 saturated carbocycles. The minimum Gasteiger partial charge on any atom is -1.00 e. The Kier molecular flexibility index (Phi) is 38.3. The van der Waals surface area contributed by atoms with Crippen molar-refractivity contribution in [2.75, 3.05) is 53.8 Å². The van der Waals surface area contributed by atoms with E-state index >= 15 is 0 Å². The second kappa shape index (κ2) is 30.9. The zero-order valence-corrected chi connectivity index (χ0v) is 33.6. The summed E-state index contributed by atoms with van der Waals surface area (Å²) in [5.74, 6) is 2.09. The van der Waals surface area contributed by atoms with Crippen LogP contribution in [0.3, 0.4) is 0 Å². The van der Waals surface area contributed by atoms with Gasteiger partial charge in [0.05, 0.1) is 6.61 Å². The number of halogens is 3. The average molecular weight is 721 g/mol. The van der Waals surface area contributed by atoms with Crippen molar-refractivity contribution >= 4 is 49.9 Å². The first kappa shape index (κ1) is 45.9. The van der Waals surface area contributed by atoms with E-state index in [4.69, 9.17) is 31.5 Å². The zero-order valence-electron chi connectivity index (χ0n) is 24.4. The van der Waals surface area contributed by atoms with E-state index in [0.717, 1.165) is 58.7 Å².